The van der Waals surface area contributed by atoms with E-state index in [2.05, 4.69) is 5.32 Å². The van der Waals surface area contributed by atoms with Gasteiger partial charge in [0.2, 0.25) is 5.91 Å². The molecule has 0 spiro atoms. The SMILES string of the molecule is CCOc1cc2occ(-c3ccc(OC)cc3)c2cc1/C(C)=C/C(=O)NCc1ccc(OC)cc1. The number of hydrogen-bond acceptors (Lipinski definition) is 5. The van der Waals surface area contributed by atoms with Crippen molar-refractivity contribution in [3.63, 3.8) is 0 Å². The summed E-state index contributed by atoms with van der Waals surface area (Å²) in [4.78, 5) is 12.7. The van der Waals surface area contributed by atoms with Crippen molar-refractivity contribution in [1.82, 2.24) is 5.32 Å². The van der Waals surface area contributed by atoms with Crippen molar-refractivity contribution in [1.29, 1.82) is 0 Å². The van der Waals surface area contributed by atoms with Crippen LogP contribution in [0.3, 0.4) is 0 Å². The molecule has 0 unspecified atom stereocenters. The van der Waals surface area contributed by atoms with E-state index >= 15 is 0 Å². The maximum absolute atomic E-state index is 12.7. The lowest BCUT2D eigenvalue weighted by atomic mass is 9.99. The molecule has 4 rings (SSSR count). The quantitative estimate of drug-likeness (QED) is 0.293. The number of methoxy groups -OCH3 is 2. The van der Waals surface area contributed by atoms with Gasteiger partial charge in [0.05, 0.1) is 27.1 Å². The minimum absolute atomic E-state index is 0.177. The van der Waals surface area contributed by atoms with E-state index < -0.39 is 0 Å². The van der Waals surface area contributed by atoms with Gasteiger partial charge in [-0.25, -0.2) is 0 Å². The largest absolute Gasteiger partial charge is 0.497 e. The minimum Gasteiger partial charge on any atom is -0.497 e. The number of rotatable bonds is 9. The molecular weight excluding hydrogens is 442 g/mol. The predicted molar refractivity (Wildman–Crippen MR) is 138 cm³/mol. The second kappa shape index (κ2) is 10.8. The van der Waals surface area contributed by atoms with Gasteiger partial charge in [-0.1, -0.05) is 24.3 Å². The van der Waals surface area contributed by atoms with E-state index in [4.69, 9.17) is 18.6 Å². The summed E-state index contributed by atoms with van der Waals surface area (Å²) in [6.07, 6.45) is 3.34. The van der Waals surface area contributed by atoms with Crippen LogP contribution in [0.2, 0.25) is 0 Å². The molecule has 0 radical (unpaired) electrons. The van der Waals surface area contributed by atoms with Crippen LogP contribution in [0.15, 0.2) is 77.4 Å². The highest BCUT2D eigenvalue weighted by Gasteiger charge is 2.15. The number of carbonyl (C=O) groups excluding carboxylic acids is 1. The highest BCUT2D eigenvalue weighted by molar-refractivity contribution is 6.00. The van der Waals surface area contributed by atoms with E-state index in [0.717, 1.165) is 50.3 Å². The highest BCUT2D eigenvalue weighted by atomic mass is 16.5. The molecule has 4 aromatic rings. The van der Waals surface area contributed by atoms with Crippen molar-refractivity contribution in [2.75, 3.05) is 20.8 Å². The van der Waals surface area contributed by atoms with Crippen LogP contribution < -0.4 is 19.5 Å². The Morgan fingerprint density at radius 2 is 1.63 bits per heavy atom. The summed E-state index contributed by atoms with van der Waals surface area (Å²) in [7, 11) is 3.27. The van der Waals surface area contributed by atoms with Gasteiger partial charge < -0.3 is 23.9 Å². The molecule has 1 N–H and O–H groups in total. The van der Waals surface area contributed by atoms with Crippen molar-refractivity contribution in [2.45, 2.75) is 20.4 Å². The van der Waals surface area contributed by atoms with E-state index in [0.29, 0.717) is 18.9 Å². The first-order valence-electron chi connectivity index (χ1n) is 11.4. The van der Waals surface area contributed by atoms with Crippen LogP contribution >= 0.6 is 0 Å². The van der Waals surface area contributed by atoms with Gasteiger partial charge in [0, 0.05) is 35.2 Å². The van der Waals surface area contributed by atoms with E-state index in [1.165, 1.54) is 0 Å². The number of carbonyl (C=O) groups is 1. The monoisotopic (exact) mass is 471 g/mol. The summed E-state index contributed by atoms with van der Waals surface area (Å²) in [5.41, 5.74) is 5.32. The van der Waals surface area contributed by atoms with Crippen LogP contribution in [-0.4, -0.2) is 26.7 Å². The van der Waals surface area contributed by atoms with Crippen molar-refractivity contribution in [2.24, 2.45) is 0 Å². The average Bonchev–Trinajstić information content (AvgIpc) is 3.30. The smallest absolute Gasteiger partial charge is 0.244 e. The van der Waals surface area contributed by atoms with E-state index in [1.54, 1.807) is 26.6 Å². The fourth-order valence-electron chi connectivity index (χ4n) is 3.89. The first-order chi connectivity index (χ1) is 17.0. The van der Waals surface area contributed by atoms with Gasteiger partial charge in [-0.05, 0) is 60.9 Å². The number of hydrogen-bond donors (Lipinski definition) is 1. The zero-order chi connectivity index (χ0) is 24.8. The van der Waals surface area contributed by atoms with Gasteiger partial charge in [-0.2, -0.15) is 0 Å². The molecule has 6 heteroatoms. The number of fused-ring (bicyclic) bond motifs is 1. The third-order valence-corrected chi connectivity index (χ3v) is 5.77. The summed E-state index contributed by atoms with van der Waals surface area (Å²) in [6.45, 7) is 4.76. The van der Waals surface area contributed by atoms with Crippen LogP contribution in [0.5, 0.6) is 17.2 Å². The molecule has 3 aromatic carbocycles. The molecule has 0 atom stereocenters. The molecule has 35 heavy (non-hydrogen) atoms. The second-order valence-corrected chi connectivity index (χ2v) is 8.05. The number of benzene rings is 3. The zero-order valence-electron chi connectivity index (χ0n) is 20.4. The average molecular weight is 472 g/mol. The summed E-state index contributed by atoms with van der Waals surface area (Å²) < 4.78 is 22.2. The van der Waals surface area contributed by atoms with Gasteiger partial charge in [0.15, 0.2) is 0 Å². The van der Waals surface area contributed by atoms with Crippen LogP contribution in [0, 0.1) is 0 Å². The topological polar surface area (TPSA) is 69.9 Å². The van der Waals surface area contributed by atoms with Crippen molar-refractivity contribution in [3.05, 3.63) is 84.1 Å². The highest BCUT2D eigenvalue weighted by Crippen LogP contribution is 2.38. The lowest BCUT2D eigenvalue weighted by Crippen LogP contribution is -2.20. The zero-order valence-corrected chi connectivity index (χ0v) is 20.4. The Morgan fingerprint density at radius 3 is 2.26 bits per heavy atom. The number of allylic oxidation sites excluding steroid dienone is 1. The van der Waals surface area contributed by atoms with Crippen LogP contribution in [0.4, 0.5) is 0 Å². The van der Waals surface area contributed by atoms with E-state index in [-0.39, 0.29) is 5.91 Å². The van der Waals surface area contributed by atoms with Gasteiger partial charge in [-0.15, -0.1) is 0 Å². The van der Waals surface area contributed by atoms with Gasteiger partial charge in [-0.3, -0.25) is 4.79 Å². The number of nitrogens with one attached hydrogen (secondary N) is 1. The fraction of sp³-hybridized carbons (Fsp3) is 0.207. The maximum Gasteiger partial charge on any atom is 0.244 e. The lowest BCUT2D eigenvalue weighted by Gasteiger charge is -2.12. The molecule has 1 amide bonds. The molecule has 180 valence electrons. The molecule has 1 heterocycles. The molecule has 0 aliphatic rings. The molecule has 0 bridgehead atoms. The normalized spacial score (nSPS) is 11.4. The number of ether oxygens (including phenoxy) is 3. The molecule has 0 saturated carbocycles. The summed E-state index contributed by atoms with van der Waals surface area (Å²) in [5.74, 6) is 2.07. The molecule has 6 nitrogen and oxygen atoms in total. The maximum atomic E-state index is 12.7. The third kappa shape index (κ3) is 5.49. The van der Waals surface area contributed by atoms with Gasteiger partial charge in [0.25, 0.3) is 0 Å². The minimum atomic E-state index is -0.177. The fourth-order valence-corrected chi connectivity index (χ4v) is 3.89. The van der Waals surface area contributed by atoms with Gasteiger partial charge >= 0.3 is 0 Å². The Balaban J connectivity index is 1.61. The van der Waals surface area contributed by atoms with Crippen molar-refractivity contribution < 1.29 is 23.4 Å². The van der Waals surface area contributed by atoms with Crippen molar-refractivity contribution in [3.8, 4) is 28.4 Å². The van der Waals surface area contributed by atoms with Gasteiger partial charge in [0.1, 0.15) is 22.8 Å². The summed E-state index contributed by atoms with van der Waals surface area (Å²) >= 11 is 0. The Hall–Kier alpha value is -4.19. The molecule has 0 saturated heterocycles. The van der Waals surface area contributed by atoms with Crippen molar-refractivity contribution >= 4 is 22.4 Å². The standard InChI is InChI=1S/C29H29NO5/c1-5-34-27-16-28-25(26(18-35-28)21-8-12-23(33-4)13-9-21)15-24(27)19(2)14-29(31)30-17-20-6-10-22(32-3)11-7-20/h6-16,18H,5,17H2,1-4H3,(H,30,31)/b19-14+. The summed E-state index contributed by atoms with van der Waals surface area (Å²) in [5, 5.41) is 3.89. The molecule has 0 aliphatic carbocycles. The number of amides is 1. The molecular formula is C29H29NO5. The first kappa shape index (κ1) is 24.0. The van der Waals surface area contributed by atoms with Crippen LogP contribution in [0.25, 0.3) is 27.7 Å². The molecule has 0 fully saturated rings. The van der Waals surface area contributed by atoms with E-state index in [1.807, 2.05) is 74.5 Å². The number of furan rings is 1. The Bertz CT molecular complexity index is 1330. The summed E-state index contributed by atoms with van der Waals surface area (Å²) in [6, 6.07) is 19.3. The molecule has 1 aromatic heterocycles. The molecule has 0 aliphatic heterocycles. The Morgan fingerprint density at radius 1 is 0.971 bits per heavy atom. The Labute approximate surface area is 205 Å². The van der Waals surface area contributed by atoms with E-state index in [9.17, 15) is 4.79 Å². The van der Waals surface area contributed by atoms with Crippen LogP contribution in [-0.2, 0) is 11.3 Å². The third-order valence-electron chi connectivity index (χ3n) is 5.77. The first-order valence-corrected chi connectivity index (χ1v) is 11.4. The second-order valence-electron chi connectivity index (χ2n) is 8.05. The predicted octanol–water partition coefficient (Wildman–Crippen LogP) is 6.24. The lowest BCUT2D eigenvalue weighted by molar-refractivity contribution is -0.116. The van der Waals surface area contributed by atoms with Crippen LogP contribution in [0.1, 0.15) is 25.0 Å². The Kier molecular flexibility index (Phi) is 7.41.